The zero-order chi connectivity index (χ0) is 17.9. The van der Waals surface area contributed by atoms with Gasteiger partial charge in [-0.15, -0.1) is 0 Å². The maximum Gasteiger partial charge on any atom is 0.317 e. The van der Waals surface area contributed by atoms with Gasteiger partial charge in [0, 0.05) is 49.9 Å². The number of hydrogen-bond acceptors (Lipinski definition) is 3. The molecule has 0 radical (unpaired) electrons. The summed E-state index contributed by atoms with van der Waals surface area (Å²) < 4.78 is 5.30. The summed E-state index contributed by atoms with van der Waals surface area (Å²) in [7, 11) is 1.68. The van der Waals surface area contributed by atoms with E-state index in [2.05, 4.69) is 40.5 Å². The number of amides is 2. The largest absolute Gasteiger partial charge is 0.497 e. The molecule has 2 unspecified atom stereocenters. The molecule has 0 bridgehead atoms. The molecular formula is C21H25N3O2. The summed E-state index contributed by atoms with van der Waals surface area (Å²) in [6.45, 7) is 3.16. The first-order chi connectivity index (χ1) is 12.7. The number of nitrogens with zero attached hydrogens (tertiary/aromatic N) is 2. The Labute approximate surface area is 154 Å². The van der Waals surface area contributed by atoms with E-state index >= 15 is 0 Å². The summed E-state index contributed by atoms with van der Waals surface area (Å²) in [6.07, 6.45) is 1.04. The molecule has 1 N–H and O–H groups in total. The van der Waals surface area contributed by atoms with Crippen LogP contribution >= 0.6 is 0 Å². The molecular weight excluding hydrogens is 326 g/mol. The molecule has 0 spiro atoms. The fourth-order valence-corrected chi connectivity index (χ4v) is 3.65. The number of rotatable bonds is 4. The van der Waals surface area contributed by atoms with Crippen LogP contribution in [0.4, 0.5) is 10.5 Å². The van der Waals surface area contributed by atoms with Crippen molar-refractivity contribution in [1.82, 2.24) is 10.2 Å². The third-order valence-corrected chi connectivity index (χ3v) is 5.31. The van der Waals surface area contributed by atoms with E-state index in [9.17, 15) is 4.79 Å². The highest BCUT2D eigenvalue weighted by Gasteiger charge is 2.40. The number of hydrogen-bond donors (Lipinski definition) is 1. The van der Waals surface area contributed by atoms with E-state index in [0.29, 0.717) is 5.92 Å². The highest BCUT2D eigenvalue weighted by Crippen LogP contribution is 2.40. The first-order valence-corrected chi connectivity index (χ1v) is 9.24. The second-order valence-electron chi connectivity index (χ2n) is 6.98. The second-order valence-corrected chi connectivity index (χ2v) is 6.98. The van der Waals surface area contributed by atoms with Crippen molar-refractivity contribution in [1.29, 1.82) is 0 Å². The first kappa shape index (κ1) is 16.8. The summed E-state index contributed by atoms with van der Waals surface area (Å²) in [5.41, 5.74) is 2.47. The minimum Gasteiger partial charge on any atom is -0.497 e. The number of anilines is 1. The lowest BCUT2D eigenvalue weighted by atomic mass is 10.1. The molecule has 1 aliphatic carbocycles. The highest BCUT2D eigenvalue weighted by molar-refractivity contribution is 5.75. The Morgan fingerprint density at radius 2 is 1.81 bits per heavy atom. The van der Waals surface area contributed by atoms with Crippen LogP contribution in [0.5, 0.6) is 5.75 Å². The van der Waals surface area contributed by atoms with Gasteiger partial charge in [0.05, 0.1) is 7.11 Å². The van der Waals surface area contributed by atoms with Crippen molar-refractivity contribution < 1.29 is 9.53 Å². The molecule has 0 aromatic heterocycles. The van der Waals surface area contributed by atoms with E-state index in [0.717, 1.165) is 44.0 Å². The van der Waals surface area contributed by atoms with Crippen LogP contribution < -0.4 is 15.0 Å². The highest BCUT2D eigenvalue weighted by atomic mass is 16.5. The van der Waals surface area contributed by atoms with Crippen molar-refractivity contribution in [2.75, 3.05) is 38.2 Å². The summed E-state index contributed by atoms with van der Waals surface area (Å²) in [4.78, 5) is 16.8. The number of ether oxygens (including phenoxy) is 1. The Morgan fingerprint density at radius 3 is 2.54 bits per heavy atom. The molecule has 1 saturated carbocycles. The first-order valence-electron chi connectivity index (χ1n) is 9.24. The molecule has 2 aromatic rings. The summed E-state index contributed by atoms with van der Waals surface area (Å²) in [5, 5.41) is 3.19. The molecule has 136 valence electrons. The molecule has 2 amide bonds. The second kappa shape index (κ2) is 7.28. The van der Waals surface area contributed by atoms with Crippen molar-refractivity contribution >= 4 is 11.7 Å². The Kier molecular flexibility index (Phi) is 4.69. The van der Waals surface area contributed by atoms with Gasteiger partial charge in [0.15, 0.2) is 0 Å². The molecule has 2 atom stereocenters. The van der Waals surface area contributed by atoms with Gasteiger partial charge < -0.3 is 19.9 Å². The van der Waals surface area contributed by atoms with Crippen LogP contribution in [0.25, 0.3) is 0 Å². The predicted octanol–water partition coefficient (Wildman–Crippen LogP) is 3.08. The fraction of sp³-hybridized carbons (Fsp3) is 0.381. The fourth-order valence-electron chi connectivity index (χ4n) is 3.65. The van der Waals surface area contributed by atoms with Gasteiger partial charge in [-0.1, -0.05) is 36.4 Å². The van der Waals surface area contributed by atoms with E-state index in [4.69, 9.17) is 4.74 Å². The number of urea groups is 1. The van der Waals surface area contributed by atoms with Crippen LogP contribution in [-0.2, 0) is 0 Å². The Hall–Kier alpha value is -2.69. The third kappa shape index (κ3) is 3.62. The van der Waals surface area contributed by atoms with Gasteiger partial charge in [-0.3, -0.25) is 0 Å². The zero-order valence-corrected chi connectivity index (χ0v) is 15.1. The Bertz CT molecular complexity index is 757. The third-order valence-electron chi connectivity index (χ3n) is 5.31. The van der Waals surface area contributed by atoms with Gasteiger partial charge in [-0.2, -0.15) is 0 Å². The van der Waals surface area contributed by atoms with Gasteiger partial charge in [0.1, 0.15) is 5.75 Å². The van der Waals surface area contributed by atoms with Gasteiger partial charge >= 0.3 is 6.03 Å². The van der Waals surface area contributed by atoms with Crippen LogP contribution in [0.1, 0.15) is 17.9 Å². The minimum atomic E-state index is 0.0683. The number of benzene rings is 2. The lowest BCUT2D eigenvalue weighted by Gasteiger charge is -2.36. The number of nitrogens with one attached hydrogen (secondary N) is 1. The Morgan fingerprint density at radius 1 is 1.04 bits per heavy atom. The van der Waals surface area contributed by atoms with Crippen LogP contribution in [0.2, 0.25) is 0 Å². The molecule has 5 heteroatoms. The number of piperazine rings is 1. The van der Waals surface area contributed by atoms with Crippen molar-refractivity contribution in [3.63, 3.8) is 0 Å². The molecule has 1 saturated heterocycles. The van der Waals surface area contributed by atoms with E-state index in [1.54, 1.807) is 7.11 Å². The average molecular weight is 351 g/mol. The zero-order valence-electron chi connectivity index (χ0n) is 15.1. The number of carbonyl (C=O) groups excluding carboxylic acids is 1. The number of carbonyl (C=O) groups is 1. The molecule has 1 heterocycles. The topological polar surface area (TPSA) is 44.8 Å². The van der Waals surface area contributed by atoms with E-state index in [1.165, 1.54) is 5.56 Å². The SMILES string of the molecule is COc1cccc(N2CCN(C(=O)NC3CC3c3ccccc3)CC2)c1. The van der Waals surface area contributed by atoms with Crippen molar-refractivity contribution in [2.45, 2.75) is 18.4 Å². The van der Waals surface area contributed by atoms with E-state index in [1.807, 2.05) is 29.2 Å². The van der Waals surface area contributed by atoms with Crippen LogP contribution in [0, 0.1) is 0 Å². The van der Waals surface area contributed by atoms with Crippen LogP contribution in [-0.4, -0.2) is 50.3 Å². The molecule has 1 aliphatic heterocycles. The average Bonchev–Trinajstić information content (AvgIpc) is 3.48. The summed E-state index contributed by atoms with van der Waals surface area (Å²) in [5.74, 6) is 1.33. The van der Waals surface area contributed by atoms with Crippen LogP contribution in [0.15, 0.2) is 54.6 Å². The lowest BCUT2D eigenvalue weighted by molar-refractivity contribution is 0.193. The molecule has 5 nitrogen and oxygen atoms in total. The lowest BCUT2D eigenvalue weighted by Crippen LogP contribution is -2.52. The normalized spacial score (nSPS) is 22.0. The summed E-state index contributed by atoms with van der Waals surface area (Å²) >= 11 is 0. The van der Waals surface area contributed by atoms with Crippen molar-refractivity contribution in [3.8, 4) is 5.75 Å². The molecule has 2 fully saturated rings. The summed E-state index contributed by atoms with van der Waals surface area (Å²) in [6, 6.07) is 18.9. The molecule has 2 aliphatic rings. The molecule has 2 aromatic carbocycles. The van der Waals surface area contributed by atoms with Crippen molar-refractivity contribution in [3.05, 3.63) is 60.2 Å². The quantitative estimate of drug-likeness (QED) is 0.921. The van der Waals surface area contributed by atoms with E-state index < -0.39 is 0 Å². The van der Waals surface area contributed by atoms with Gasteiger partial charge in [0.25, 0.3) is 0 Å². The standard InChI is InChI=1S/C21H25N3O2/c1-26-18-9-5-8-17(14-18)23-10-12-24(13-11-23)21(25)22-20-15-19(20)16-6-3-2-4-7-16/h2-9,14,19-20H,10-13,15H2,1H3,(H,22,25). The predicted molar refractivity (Wildman–Crippen MR) is 103 cm³/mol. The van der Waals surface area contributed by atoms with Gasteiger partial charge in [0.2, 0.25) is 0 Å². The minimum absolute atomic E-state index is 0.0683. The van der Waals surface area contributed by atoms with E-state index in [-0.39, 0.29) is 12.1 Å². The van der Waals surface area contributed by atoms with Gasteiger partial charge in [-0.05, 0) is 24.1 Å². The van der Waals surface area contributed by atoms with Crippen LogP contribution in [0.3, 0.4) is 0 Å². The smallest absolute Gasteiger partial charge is 0.317 e. The van der Waals surface area contributed by atoms with Crippen molar-refractivity contribution in [2.24, 2.45) is 0 Å². The monoisotopic (exact) mass is 351 g/mol. The van der Waals surface area contributed by atoms with Gasteiger partial charge in [-0.25, -0.2) is 4.79 Å². The molecule has 26 heavy (non-hydrogen) atoms. The Balaban J connectivity index is 1.28. The maximum absolute atomic E-state index is 12.5. The molecule has 4 rings (SSSR count). The number of methoxy groups -OCH3 is 1. The maximum atomic E-state index is 12.5.